The van der Waals surface area contributed by atoms with Gasteiger partial charge in [0.1, 0.15) is 11.6 Å². The van der Waals surface area contributed by atoms with E-state index in [1.165, 1.54) is 40.7 Å². The number of rotatable bonds is 6. The first-order valence-corrected chi connectivity index (χ1v) is 13.3. The molecule has 2 fully saturated rings. The molecule has 2 aliphatic rings. The Labute approximate surface area is 203 Å². The standard InChI is InChI=1S/C25H29F2N3O4S/c26-19-9-7-17(8-10-19)24(31)28-22-5-1-2-6-23(22)29-25(32)18-4-3-15-30(16-18)35(33,34)21-13-11-20(27)12-14-21/h7-14,18,22-23H,1-6,15-16H2,(H,28,31)(H,29,32)/t18?,22-,23-/m1/s1. The fourth-order valence-corrected chi connectivity index (χ4v) is 6.28. The summed E-state index contributed by atoms with van der Waals surface area (Å²) in [5, 5.41) is 6.00. The normalized spacial score (nSPS) is 23.4. The smallest absolute Gasteiger partial charge is 0.251 e. The maximum Gasteiger partial charge on any atom is 0.251 e. The molecule has 0 spiro atoms. The molecule has 1 saturated carbocycles. The summed E-state index contributed by atoms with van der Waals surface area (Å²) < 4.78 is 53.7. The van der Waals surface area contributed by atoms with Crippen LogP contribution in [0.4, 0.5) is 8.78 Å². The number of halogens is 2. The molecule has 10 heteroatoms. The Balaban J connectivity index is 1.39. The van der Waals surface area contributed by atoms with Gasteiger partial charge in [-0.05, 0) is 74.2 Å². The maximum atomic E-state index is 13.2. The second kappa shape index (κ2) is 10.8. The van der Waals surface area contributed by atoms with Crippen LogP contribution in [0.5, 0.6) is 0 Å². The molecule has 188 valence electrons. The first kappa shape index (κ1) is 25.2. The molecular weight excluding hydrogens is 476 g/mol. The van der Waals surface area contributed by atoms with Gasteiger partial charge >= 0.3 is 0 Å². The van der Waals surface area contributed by atoms with Crippen LogP contribution in [-0.4, -0.2) is 49.7 Å². The average Bonchev–Trinajstić information content (AvgIpc) is 2.86. The van der Waals surface area contributed by atoms with Crippen LogP contribution >= 0.6 is 0 Å². The van der Waals surface area contributed by atoms with Gasteiger partial charge < -0.3 is 10.6 Å². The Hall–Kier alpha value is -2.85. The Morgan fingerprint density at radius 1 is 0.800 bits per heavy atom. The largest absolute Gasteiger partial charge is 0.351 e. The summed E-state index contributed by atoms with van der Waals surface area (Å²) in [5.41, 5.74) is 0.343. The molecule has 2 aromatic rings. The van der Waals surface area contributed by atoms with E-state index in [1.54, 1.807) is 0 Å². The van der Waals surface area contributed by atoms with E-state index >= 15 is 0 Å². The predicted molar refractivity (Wildman–Crippen MR) is 126 cm³/mol. The number of carbonyl (C=O) groups is 2. The minimum absolute atomic E-state index is 0.00388. The van der Waals surface area contributed by atoms with E-state index in [2.05, 4.69) is 10.6 Å². The molecule has 1 aliphatic carbocycles. The molecule has 1 aliphatic heterocycles. The number of benzene rings is 2. The average molecular weight is 506 g/mol. The zero-order valence-electron chi connectivity index (χ0n) is 19.3. The van der Waals surface area contributed by atoms with Crippen LogP contribution in [0.2, 0.25) is 0 Å². The highest BCUT2D eigenvalue weighted by Gasteiger charge is 2.35. The summed E-state index contributed by atoms with van der Waals surface area (Å²) in [5.74, 6) is -2.03. The zero-order valence-corrected chi connectivity index (χ0v) is 20.1. The van der Waals surface area contributed by atoms with Crippen molar-refractivity contribution in [3.8, 4) is 0 Å². The van der Waals surface area contributed by atoms with E-state index in [9.17, 15) is 26.8 Å². The van der Waals surface area contributed by atoms with E-state index in [0.29, 0.717) is 37.8 Å². The molecule has 2 amide bonds. The van der Waals surface area contributed by atoms with Crippen LogP contribution < -0.4 is 10.6 Å². The lowest BCUT2D eigenvalue weighted by Crippen LogP contribution is -2.55. The van der Waals surface area contributed by atoms with Gasteiger partial charge in [-0.1, -0.05) is 12.8 Å². The van der Waals surface area contributed by atoms with Gasteiger partial charge in [-0.3, -0.25) is 9.59 Å². The van der Waals surface area contributed by atoms with Crippen molar-refractivity contribution < 1.29 is 26.8 Å². The van der Waals surface area contributed by atoms with Crippen molar-refractivity contribution in [2.45, 2.75) is 55.5 Å². The number of hydrogen-bond acceptors (Lipinski definition) is 4. The van der Waals surface area contributed by atoms with Crippen LogP contribution in [0.3, 0.4) is 0 Å². The molecule has 0 bridgehead atoms. The van der Waals surface area contributed by atoms with Crippen molar-refractivity contribution in [3.05, 3.63) is 65.7 Å². The molecule has 35 heavy (non-hydrogen) atoms. The SMILES string of the molecule is O=C(N[C@@H]1CCCC[C@H]1NC(=O)C1CCCN(S(=O)(=O)c2ccc(F)cc2)C1)c1ccc(F)cc1. The molecule has 1 saturated heterocycles. The maximum absolute atomic E-state index is 13.2. The van der Waals surface area contributed by atoms with Crippen LogP contribution in [0.15, 0.2) is 53.4 Å². The van der Waals surface area contributed by atoms with Crippen molar-refractivity contribution in [1.82, 2.24) is 14.9 Å². The third-order valence-corrected chi connectivity index (χ3v) is 8.60. The third-order valence-electron chi connectivity index (χ3n) is 6.72. The summed E-state index contributed by atoms with van der Waals surface area (Å²) in [7, 11) is -3.84. The van der Waals surface area contributed by atoms with Gasteiger partial charge in [0.2, 0.25) is 15.9 Å². The zero-order chi connectivity index (χ0) is 25.0. The Bertz CT molecular complexity index is 1160. The minimum atomic E-state index is -3.84. The highest BCUT2D eigenvalue weighted by Crippen LogP contribution is 2.25. The molecule has 7 nitrogen and oxygen atoms in total. The summed E-state index contributed by atoms with van der Waals surface area (Å²) in [6.07, 6.45) is 4.31. The summed E-state index contributed by atoms with van der Waals surface area (Å²) >= 11 is 0. The van der Waals surface area contributed by atoms with Crippen LogP contribution in [-0.2, 0) is 14.8 Å². The van der Waals surface area contributed by atoms with E-state index in [0.717, 1.165) is 25.0 Å². The highest BCUT2D eigenvalue weighted by atomic mass is 32.2. The van der Waals surface area contributed by atoms with Crippen molar-refractivity contribution in [2.75, 3.05) is 13.1 Å². The summed E-state index contributed by atoms with van der Waals surface area (Å²) in [4.78, 5) is 25.7. The molecule has 2 aromatic carbocycles. The first-order valence-electron chi connectivity index (χ1n) is 11.9. The third kappa shape index (κ3) is 6.05. The number of amides is 2. The van der Waals surface area contributed by atoms with Gasteiger partial charge in [0.15, 0.2) is 0 Å². The number of hydrogen-bond donors (Lipinski definition) is 2. The minimum Gasteiger partial charge on any atom is -0.351 e. The number of nitrogens with one attached hydrogen (secondary N) is 2. The second-order valence-corrected chi connectivity index (χ2v) is 11.1. The van der Waals surface area contributed by atoms with E-state index in [1.807, 2.05) is 0 Å². The van der Waals surface area contributed by atoms with E-state index < -0.39 is 27.6 Å². The molecular formula is C25H29F2N3O4S. The monoisotopic (exact) mass is 505 g/mol. The molecule has 1 heterocycles. The number of nitrogens with zero attached hydrogens (tertiary/aromatic N) is 1. The lowest BCUT2D eigenvalue weighted by molar-refractivity contribution is -0.127. The Morgan fingerprint density at radius 3 is 2.00 bits per heavy atom. The van der Waals surface area contributed by atoms with Gasteiger partial charge in [-0.2, -0.15) is 4.31 Å². The quantitative estimate of drug-likeness (QED) is 0.630. The number of sulfonamides is 1. The first-order chi connectivity index (χ1) is 16.7. The van der Waals surface area contributed by atoms with E-state index in [4.69, 9.17) is 0 Å². The molecule has 0 radical (unpaired) electrons. The number of piperidine rings is 1. The van der Waals surface area contributed by atoms with Gasteiger partial charge in [0, 0.05) is 30.7 Å². The Kier molecular flexibility index (Phi) is 7.81. The van der Waals surface area contributed by atoms with Gasteiger partial charge in [-0.25, -0.2) is 17.2 Å². The van der Waals surface area contributed by atoms with Crippen molar-refractivity contribution >= 4 is 21.8 Å². The highest BCUT2D eigenvalue weighted by molar-refractivity contribution is 7.89. The summed E-state index contributed by atoms with van der Waals surface area (Å²) in [6.45, 7) is 0.341. The van der Waals surface area contributed by atoms with Crippen molar-refractivity contribution in [1.29, 1.82) is 0 Å². The van der Waals surface area contributed by atoms with E-state index in [-0.39, 0.29) is 35.3 Å². The lowest BCUT2D eigenvalue weighted by Gasteiger charge is -2.36. The van der Waals surface area contributed by atoms with Crippen LogP contribution in [0.25, 0.3) is 0 Å². The molecule has 1 unspecified atom stereocenters. The lowest BCUT2D eigenvalue weighted by atomic mass is 9.89. The predicted octanol–water partition coefficient (Wildman–Crippen LogP) is 3.22. The molecule has 3 atom stereocenters. The van der Waals surface area contributed by atoms with Crippen molar-refractivity contribution in [3.63, 3.8) is 0 Å². The summed E-state index contributed by atoms with van der Waals surface area (Å²) in [6, 6.07) is 9.40. The number of carbonyl (C=O) groups excluding carboxylic acids is 2. The fraction of sp³-hybridized carbons (Fsp3) is 0.440. The topological polar surface area (TPSA) is 95.6 Å². The fourth-order valence-electron chi connectivity index (χ4n) is 4.76. The molecule has 2 N–H and O–H groups in total. The van der Waals surface area contributed by atoms with Gasteiger partial charge in [0.25, 0.3) is 5.91 Å². The Morgan fingerprint density at radius 2 is 1.37 bits per heavy atom. The molecule has 0 aromatic heterocycles. The van der Waals surface area contributed by atoms with Crippen LogP contribution in [0, 0.1) is 17.6 Å². The van der Waals surface area contributed by atoms with Crippen molar-refractivity contribution in [2.24, 2.45) is 5.92 Å². The van der Waals surface area contributed by atoms with Gasteiger partial charge in [0.05, 0.1) is 10.8 Å². The van der Waals surface area contributed by atoms with Gasteiger partial charge in [-0.15, -0.1) is 0 Å². The molecule has 4 rings (SSSR count). The van der Waals surface area contributed by atoms with Crippen LogP contribution in [0.1, 0.15) is 48.9 Å². The second-order valence-electron chi connectivity index (χ2n) is 9.14.